The van der Waals surface area contributed by atoms with Crippen molar-refractivity contribution in [2.45, 2.75) is 0 Å². The maximum absolute atomic E-state index is 12.0. The van der Waals surface area contributed by atoms with Gasteiger partial charge in [-0.05, 0) is 42.0 Å². The third-order valence-corrected chi connectivity index (χ3v) is 3.47. The maximum Gasteiger partial charge on any atom is 0.335 e. The summed E-state index contributed by atoms with van der Waals surface area (Å²) in [6, 6.07) is 11.5. The van der Waals surface area contributed by atoms with Crippen LogP contribution < -0.4 is 5.32 Å². The summed E-state index contributed by atoms with van der Waals surface area (Å²) < 4.78 is 0. The number of nitrogens with one attached hydrogen (secondary N) is 1. The first-order chi connectivity index (χ1) is 10.0. The van der Waals surface area contributed by atoms with E-state index >= 15 is 0 Å². The maximum atomic E-state index is 12.0. The fourth-order valence-electron chi connectivity index (χ4n) is 2.19. The Balaban J connectivity index is 2.02. The molecule has 0 radical (unpaired) electrons. The van der Waals surface area contributed by atoms with Crippen molar-refractivity contribution in [3.63, 3.8) is 0 Å². The van der Waals surface area contributed by atoms with Gasteiger partial charge in [-0.1, -0.05) is 23.7 Å². The van der Waals surface area contributed by atoms with Crippen molar-refractivity contribution in [2.75, 3.05) is 5.32 Å². The van der Waals surface area contributed by atoms with Gasteiger partial charge in [0, 0.05) is 21.8 Å². The van der Waals surface area contributed by atoms with E-state index in [1.54, 1.807) is 36.4 Å². The minimum atomic E-state index is -0.982. The third-order valence-electron chi connectivity index (χ3n) is 3.23. The van der Waals surface area contributed by atoms with Crippen LogP contribution in [0.3, 0.4) is 0 Å². The van der Waals surface area contributed by atoms with Crippen LogP contribution in [0.5, 0.6) is 0 Å². The van der Waals surface area contributed by atoms with E-state index in [9.17, 15) is 9.59 Å². The molecule has 0 bridgehead atoms. The Kier molecular flexibility index (Phi) is 3.23. The molecule has 1 aliphatic rings. The van der Waals surface area contributed by atoms with Gasteiger partial charge < -0.3 is 10.4 Å². The van der Waals surface area contributed by atoms with Crippen LogP contribution in [0.1, 0.15) is 21.5 Å². The minimum Gasteiger partial charge on any atom is -0.478 e. The second-order valence-corrected chi connectivity index (χ2v) is 5.07. The van der Waals surface area contributed by atoms with Gasteiger partial charge in [0.15, 0.2) is 0 Å². The summed E-state index contributed by atoms with van der Waals surface area (Å²) >= 11 is 5.96. The van der Waals surface area contributed by atoms with Crippen LogP contribution in [0.25, 0.3) is 11.6 Å². The summed E-state index contributed by atoms with van der Waals surface area (Å²) in [4.78, 5) is 22.8. The van der Waals surface area contributed by atoms with Crippen LogP contribution in [0.2, 0.25) is 5.02 Å². The lowest BCUT2D eigenvalue weighted by Crippen LogP contribution is -2.03. The number of halogens is 1. The van der Waals surface area contributed by atoms with E-state index in [1.165, 1.54) is 12.1 Å². The molecule has 0 fully saturated rings. The highest BCUT2D eigenvalue weighted by Crippen LogP contribution is 2.34. The van der Waals surface area contributed by atoms with Crippen LogP contribution >= 0.6 is 11.6 Å². The molecule has 21 heavy (non-hydrogen) atoms. The van der Waals surface area contributed by atoms with E-state index < -0.39 is 5.97 Å². The van der Waals surface area contributed by atoms with Crippen LogP contribution in [0.4, 0.5) is 5.69 Å². The number of carboxylic acids is 1. The fraction of sp³-hybridized carbons (Fsp3) is 0. The predicted molar refractivity (Wildman–Crippen MR) is 81.4 cm³/mol. The second kappa shape index (κ2) is 5.07. The summed E-state index contributed by atoms with van der Waals surface area (Å²) in [5, 5.41) is 12.2. The van der Waals surface area contributed by atoms with Crippen molar-refractivity contribution in [3.8, 4) is 0 Å². The van der Waals surface area contributed by atoms with E-state index in [2.05, 4.69) is 5.32 Å². The molecule has 1 heterocycles. The number of amides is 1. The highest BCUT2D eigenvalue weighted by atomic mass is 35.5. The van der Waals surface area contributed by atoms with E-state index in [-0.39, 0.29) is 11.5 Å². The monoisotopic (exact) mass is 299 g/mol. The van der Waals surface area contributed by atoms with Crippen molar-refractivity contribution in [1.82, 2.24) is 0 Å². The molecule has 2 aromatic carbocycles. The number of carboxylic acid groups (broad SMARTS) is 1. The number of carbonyl (C=O) groups excluding carboxylic acids is 1. The fourth-order valence-corrected chi connectivity index (χ4v) is 2.36. The zero-order chi connectivity index (χ0) is 15.0. The van der Waals surface area contributed by atoms with Gasteiger partial charge in [-0.2, -0.15) is 0 Å². The van der Waals surface area contributed by atoms with Gasteiger partial charge in [-0.15, -0.1) is 0 Å². The molecule has 0 saturated heterocycles. The Morgan fingerprint density at radius 3 is 2.52 bits per heavy atom. The average Bonchev–Trinajstić information content (AvgIpc) is 2.76. The van der Waals surface area contributed by atoms with Crippen LogP contribution in [0, 0.1) is 0 Å². The lowest BCUT2D eigenvalue weighted by atomic mass is 10.0. The first kappa shape index (κ1) is 13.4. The van der Waals surface area contributed by atoms with E-state index in [1.807, 2.05) is 0 Å². The number of benzene rings is 2. The summed E-state index contributed by atoms with van der Waals surface area (Å²) in [6.07, 6.45) is 1.71. The van der Waals surface area contributed by atoms with Gasteiger partial charge in [0.25, 0.3) is 5.91 Å². The Labute approximate surface area is 125 Å². The number of hydrogen-bond donors (Lipinski definition) is 2. The molecule has 0 atom stereocenters. The Hall–Kier alpha value is -2.59. The number of anilines is 1. The quantitative estimate of drug-likeness (QED) is 0.834. The highest BCUT2D eigenvalue weighted by Gasteiger charge is 2.24. The Morgan fingerprint density at radius 2 is 1.86 bits per heavy atom. The van der Waals surface area contributed by atoms with Crippen LogP contribution in [-0.2, 0) is 4.79 Å². The topological polar surface area (TPSA) is 66.4 Å². The molecular formula is C16H10ClNO3. The highest BCUT2D eigenvalue weighted by molar-refractivity contribution is 6.36. The van der Waals surface area contributed by atoms with Gasteiger partial charge >= 0.3 is 5.97 Å². The lowest BCUT2D eigenvalue weighted by molar-refractivity contribution is -0.110. The van der Waals surface area contributed by atoms with Crippen molar-refractivity contribution >= 4 is 40.8 Å². The molecule has 104 valence electrons. The van der Waals surface area contributed by atoms with Gasteiger partial charge in [-0.25, -0.2) is 4.79 Å². The first-order valence-electron chi connectivity index (χ1n) is 6.21. The van der Waals surface area contributed by atoms with E-state index in [0.29, 0.717) is 10.6 Å². The summed E-state index contributed by atoms with van der Waals surface area (Å²) in [6.45, 7) is 0. The third kappa shape index (κ3) is 2.53. The van der Waals surface area contributed by atoms with Crippen LogP contribution in [-0.4, -0.2) is 17.0 Å². The summed E-state index contributed by atoms with van der Waals surface area (Å²) in [7, 11) is 0. The van der Waals surface area contributed by atoms with E-state index in [0.717, 1.165) is 16.8 Å². The molecular weight excluding hydrogens is 290 g/mol. The van der Waals surface area contributed by atoms with Crippen molar-refractivity contribution in [2.24, 2.45) is 0 Å². The van der Waals surface area contributed by atoms with Crippen molar-refractivity contribution < 1.29 is 14.7 Å². The van der Waals surface area contributed by atoms with Gasteiger partial charge in [-0.3, -0.25) is 4.79 Å². The second-order valence-electron chi connectivity index (χ2n) is 4.63. The Morgan fingerprint density at radius 1 is 1.14 bits per heavy atom. The molecule has 2 aromatic rings. The van der Waals surface area contributed by atoms with Gasteiger partial charge in [0.1, 0.15) is 0 Å². The zero-order valence-corrected chi connectivity index (χ0v) is 11.5. The first-order valence-corrected chi connectivity index (χ1v) is 6.59. The Bertz CT molecular complexity index is 779. The van der Waals surface area contributed by atoms with E-state index in [4.69, 9.17) is 16.7 Å². The number of rotatable bonds is 2. The molecule has 1 amide bonds. The molecule has 0 spiro atoms. The number of fused-ring (bicyclic) bond motifs is 1. The molecule has 4 nitrogen and oxygen atoms in total. The zero-order valence-electron chi connectivity index (χ0n) is 10.8. The molecule has 5 heteroatoms. The molecule has 0 saturated carbocycles. The van der Waals surface area contributed by atoms with Gasteiger partial charge in [0.2, 0.25) is 0 Å². The molecule has 3 rings (SSSR count). The lowest BCUT2D eigenvalue weighted by Gasteiger charge is -2.00. The number of carbonyl (C=O) groups is 2. The molecule has 2 N–H and O–H groups in total. The number of hydrogen-bond acceptors (Lipinski definition) is 2. The molecule has 1 aliphatic heterocycles. The van der Waals surface area contributed by atoms with Crippen molar-refractivity contribution in [1.29, 1.82) is 0 Å². The minimum absolute atomic E-state index is 0.199. The summed E-state index contributed by atoms with van der Waals surface area (Å²) in [5.74, 6) is -1.18. The van der Waals surface area contributed by atoms with Gasteiger partial charge in [0.05, 0.1) is 5.56 Å². The predicted octanol–water partition coefficient (Wildman–Crippen LogP) is 3.53. The SMILES string of the molecule is O=C1Nc2ccc(Cl)cc2/C1=C/c1ccc(C(=O)O)cc1. The van der Waals surface area contributed by atoms with Crippen LogP contribution in [0.15, 0.2) is 42.5 Å². The smallest absolute Gasteiger partial charge is 0.335 e. The van der Waals surface area contributed by atoms with Crippen molar-refractivity contribution in [3.05, 3.63) is 64.2 Å². The normalized spacial score (nSPS) is 14.9. The largest absolute Gasteiger partial charge is 0.478 e. The molecule has 0 aliphatic carbocycles. The molecule has 0 unspecified atom stereocenters. The number of aromatic carboxylic acids is 1. The summed E-state index contributed by atoms with van der Waals surface area (Å²) in [5.41, 5.74) is 2.93. The standard InChI is InChI=1S/C16H10ClNO3/c17-11-5-6-14-12(8-11)13(15(19)18-14)7-9-1-3-10(4-2-9)16(20)21/h1-8H,(H,18,19)(H,20,21)/b13-7-. The molecule has 0 aromatic heterocycles. The average molecular weight is 300 g/mol.